The molecule has 0 saturated carbocycles. The molecule has 0 spiro atoms. The summed E-state index contributed by atoms with van der Waals surface area (Å²) in [7, 11) is 0. The summed E-state index contributed by atoms with van der Waals surface area (Å²) in [6.45, 7) is 1.02. The van der Waals surface area contributed by atoms with Gasteiger partial charge in [0.15, 0.2) is 0 Å². The van der Waals surface area contributed by atoms with Crippen LogP contribution in [0.3, 0.4) is 0 Å². The molecule has 3 rings (SSSR count). The quantitative estimate of drug-likeness (QED) is 0.645. The second-order valence-electron chi connectivity index (χ2n) is 5.50. The Hall–Kier alpha value is -3.01. The number of thiophene rings is 1. The highest BCUT2D eigenvalue weighted by Gasteiger charge is 2.23. The minimum Gasteiger partial charge on any atom is -0.371 e. The van der Waals surface area contributed by atoms with Gasteiger partial charge in [-0.25, -0.2) is 0 Å². The summed E-state index contributed by atoms with van der Waals surface area (Å²) in [4.78, 5) is 35.8. The predicted octanol–water partition coefficient (Wildman–Crippen LogP) is 2.56. The van der Waals surface area contributed by atoms with Gasteiger partial charge in [0, 0.05) is 24.0 Å². The summed E-state index contributed by atoms with van der Waals surface area (Å²) in [6, 6.07) is 5.29. The summed E-state index contributed by atoms with van der Waals surface area (Å²) in [5, 5.41) is 26.6. The van der Waals surface area contributed by atoms with E-state index in [0.29, 0.717) is 13.1 Å². The van der Waals surface area contributed by atoms with E-state index in [2.05, 4.69) is 5.32 Å². The number of nitrogens with one attached hydrogen (secondary N) is 1. The lowest BCUT2D eigenvalue weighted by atomic mass is 10.1. The molecule has 10 heteroatoms. The van der Waals surface area contributed by atoms with E-state index in [-0.39, 0.29) is 23.8 Å². The van der Waals surface area contributed by atoms with Crippen LogP contribution in [0.4, 0.5) is 17.1 Å². The highest BCUT2D eigenvalue weighted by atomic mass is 32.1. The molecule has 1 aliphatic heterocycles. The topological polar surface area (TPSA) is 119 Å². The first-order chi connectivity index (χ1) is 12.0. The molecule has 0 atom stereocenters. The molecule has 0 saturated heterocycles. The number of hydrogen-bond acceptors (Lipinski definition) is 7. The fourth-order valence-electron chi connectivity index (χ4n) is 2.68. The van der Waals surface area contributed by atoms with Crippen molar-refractivity contribution in [1.29, 1.82) is 0 Å². The van der Waals surface area contributed by atoms with Crippen molar-refractivity contribution in [3.05, 3.63) is 60.3 Å². The zero-order valence-corrected chi connectivity index (χ0v) is 13.8. The van der Waals surface area contributed by atoms with E-state index in [1.165, 1.54) is 17.0 Å². The van der Waals surface area contributed by atoms with Gasteiger partial charge in [-0.2, -0.15) is 0 Å². The average Bonchev–Trinajstić information content (AvgIpc) is 3.06. The Morgan fingerprint density at radius 2 is 2.04 bits per heavy atom. The maximum Gasteiger partial charge on any atom is 0.299 e. The van der Waals surface area contributed by atoms with Gasteiger partial charge >= 0.3 is 0 Å². The summed E-state index contributed by atoms with van der Waals surface area (Å²) in [6.07, 6.45) is 0.802. The number of benzene rings is 1. The van der Waals surface area contributed by atoms with Gasteiger partial charge in [0.1, 0.15) is 5.69 Å². The van der Waals surface area contributed by atoms with Crippen molar-refractivity contribution in [3.8, 4) is 0 Å². The molecule has 0 unspecified atom stereocenters. The fraction of sp³-hybridized carbons (Fsp3) is 0.267. The van der Waals surface area contributed by atoms with E-state index >= 15 is 0 Å². The van der Waals surface area contributed by atoms with Crippen LogP contribution >= 0.6 is 11.3 Å². The third-order valence-corrected chi connectivity index (χ3v) is 5.00. The smallest absolute Gasteiger partial charge is 0.299 e. The maximum absolute atomic E-state index is 12.3. The molecule has 1 aromatic heterocycles. The van der Waals surface area contributed by atoms with Crippen molar-refractivity contribution in [2.24, 2.45) is 0 Å². The van der Waals surface area contributed by atoms with Crippen molar-refractivity contribution in [2.75, 3.05) is 18.4 Å². The van der Waals surface area contributed by atoms with Crippen molar-refractivity contribution >= 4 is 34.3 Å². The van der Waals surface area contributed by atoms with Gasteiger partial charge in [0.25, 0.3) is 11.4 Å². The van der Waals surface area contributed by atoms with Crippen LogP contribution in [0.15, 0.2) is 29.6 Å². The highest BCUT2D eigenvalue weighted by molar-refractivity contribution is 7.10. The summed E-state index contributed by atoms with van der Waals surface area (Å²) < 4.78 is 0. The van der Waals surface area contributed by atoms with Crippen LogP contribution in [-0.4, -0.2) is 33.7 Å². The van der Waals surface area contributed by atoms with E-state index in [4.69, 9.17) is 0 Å². The molecule has 130 valence electrons. The SMILES string of the molecule is O=C(CNc1ccc([N+](=O)[O-])cc1[N+](=O)[O-])N1CCc2sccc2C1. The number of carbonyl (C=O) groups excluding carboxylic acids is 1. The van der Waals surface area contributed by atoms with E-state index in [1.54, 1.807) is 16.2 Å². The molecule has 25 heavy (non-hydrogen) atoms. The molecule has 9 nitrogen and oxygen atoms in total. The van der Waals surface area contributed by atoms with Gasteiger partial charge in [-0.15, -0.1) is 11.3 Å². The zero-order valence-electron chi connectivity index (χ0n) is 13.0. The van der Waals surface area contributed by atoms with E-state index in [1.807, 2.05) is 11.4 Å². The number of nitrogens with zero attached hydrogens (tertiary/aromatic N) is 3. The van der Waals surface area contributed by atoms with E-state index < -0.39 is 15.5 Å². The lowest BCUT2D eigenvalue weighted by molar-refractivity contribution is -0.393. The highest BCUT2D eigenvalue weighted by Crippen LogP contribution is 2.29. The molecule has 0 bridgehead atoms. The first kappa shape index (κ1) is 16.8. The Kier molecular flexibility index (Phi) is 4.61. The maximum atomic E-state index is 12.3. The van der Waals surface area contributed by atoms with Crippen LogP contribution in [0.2, 0.25) is 0 Å². The average molecular weight is 362 g/mol. The third kappa shape index (κ3) is 3.58. The molecule has 0 radical (unpaired) electrons. The van der Waals surface area contributed by atoms with Crippen LogP contribution in [-0.2, 0) is 17.8 Å². The number of fused-ring (bicyclic) bond motifs is 1. The summed E-state index contributed by atoms with van der Waals surface area (Å²) in [5.41, 5.74) is 0.411. The Balaban J connectivity index is 1.68. The van der Waals surface area contributed by atoms with Crippen molar-refractivity contribution in [3.63, 3.8) is 0 Å². The number of anilines is 1. The first-order valence-corrected chi connectivity index (χ1v) is 8.33. The van der Waals surface area contributed by atoms with E-state index in [0.717, 1.165) is 18.1 Å². The monoisotopic (exact) mass is 362 g/mol. The standard InChI is InChI=1S/C15H14N4O5S/c20-15(17-5-3-14-10(9-17)4-6-25-14)8-16-12-2-1-11(18(21)22)7-13(12)19(23)24/h1-2,4,6-7,16H,3,5,8-9H2. The lowest BCUT2D eigenvalue weighted by Gasteiger charge is -2.27. The Labute approximate surface area is 146 Å². The van der Waals surface area contributed by atoms with Crippen LogP contribution in [0.1, 0.15) is 10.4 Å². The van der Waals surface area contributed by atoms with Crippen LogP contribution in [0, 0.1) is 20.2 Å². The first-order valence-electron chi connectivity index (χ1n) is 7.45. The number of hydrogen-bond donors (Lipinski definition) is 1. The van der Waals surface area contributed by atoms with E-state index in [9.17, 15) is 25.0 Å². The molecular weight excluding hydrogens is 348 g/mol. The molecule has 1 aliphatic rings. The largest absolute Gasteiger partial charge is 0.371 e. The number of carbonyl (C=O) groups is 1. The third-order valence-electron chi connectivity index (χ3n) is 3.98. The van der Waals surface area contributed by atoms with Gasteiger partial charge in [-0.1, -0.05) is 0 Å². The number of rotatable bonds is 5. The zero-order chi connectivity index (χ0) is 18.0. The summed E-state index contributed by atoms with van der Waals surface area (Å²) in [5.74, 6) is -0.176. The minimum absolute atomic E-state index is 0.0807. The van der Waals surface area contributed by atoms with Crippen molar-refractivity contribution < 1.29 is 14.6 Å². The van der Waals surface area contributed by atoms with Crippen molar-refractivity contribution in [2.45, 2.75) is 13.0 Å². The molecule has 0 aliphatic carbocycles. The van der Waals surface area contributed by atoms with Crippen LogP contribution in [0.5, 0.6) is 0 Å². The second kappa shape index (κ2) is 6.85. The summed E-state index contributed by atoms with van der Waals surface area (Å²) >= 11 is 1.67. The molecule has 2 aromatic rings. The number of nitro groups is 2. The van der Waals surface area contributed by atoms with Crippen LogP contribution in [0.25, 0.3) is 0 Å². The molecule has 1 N–H and O–H groups in total. The number of non-ortho nitro benzene ring substituents is 1. The fourth-order valence-corrected chi connectivity index (χ4v) is 3.57. The van der Waals surface area contributed by atoms with Gasteiger partial charge < -0.3 is 10.2 Å². The van der Waals surface area contributed by atoms with Crippen molar-refractivity contribution in [1.82, 2.24) is 4.90 Å². The molecule has 0 fully saturated rings. The predicted molar refractivity (Wildman–Crippen MR) is 91.7 cm³/mol. The van der Waals surface area contributed by atoms with Crippen LogP contribution < -0.4 is 5.32 Å². The van der Waals surface area contributed by atoms with Gasteiger partial charge in [0.05, 0.1) is 22.5 Å². The second-order valence-corrected chi connectivity index (χ2v) is 6.50. The molecule has 2 heterocycles. The Morgan fingerprint density at radius 1 is 1.24 bits per heavy atom. The molecular formula is C15H14N4O5S. The minimum atomic E-state index is -0.710. The number of amides is 1. The van der Waals surface area contributed by atoms with Gasteiger partial charge in [-0.3, -0.25) is 25.0 Å². The number of nitro benzene ring substituents is 2. The molecule has 1 amide bonds. The lowest BCUT2D eigenvalue weighted by Crippen LogP contribution is -2.38. The Bertz CT molecular complexity index is 850. The van der Waals surface area contributed by atoms with Gasteiger partial charge in [0.2, 0.25) is 5.91 Å². The molecule has 1 aromatic carbocycles. The normalized spacial score (nSPS) is 13.2. The van der Waals surface area contributed by atoms with Gasteiger partial charge in [-0.05, 0) is 29.5 Å². The Morgan fingerprint density at radius 3 is 2.76 bits per heavy atom.